The largest absolute Gasteiger partial charge is 0.475 e. The molecular weight excluding hydrogens is 328 g/mol. The molecule has 0 saturated carbocycles. The molecule has 25 heavy (non-hydrogen) atoms. The highest BCUT2D eigenvalue weighted by molar-refractivity contribution is 6.02. The fraction of sp³-hybridized carbons (Fsp3) is 0.267. The maximum atomic E-state index is 12.4. The van der Waals surface area contributed by atoms with Crippen molar-refractivity contribution in [1.82, 2.24) is 24.6 Å². The molecule has 0 bridgehead atoms. The molecule has 0 aliphatic heterocycles. The molecule has 0 radical (unpaired) electrons. The summed E-state index contributed by atoms with van der Waals surface area (Å²) in [6.07, 6.45) is 1.94. The molecule has 3 heterocycles. The van der Waals surface area contributed by atoms with E-state index in [0.717, 1.165) is 0 Å². The number of anilines is 1. The van der Waals surface area contributed by atoms with Crippen molar-refractivity contribution in [3.63, 3.8) is 0 Å². The summed E-state index contributed by atoms with van der Waals surface area (Å²) < 4.78 is 6.68. The second-order valence-electron chi connectivity index (χ2n) is 5.21. The van der Waals surface area contributed by atoms with E-state index in [4.69, 9.17) is 9.84 Å². The summed E-state index contributed by atoms with van der Waals surface area (Å²) in [5, 5.41) is 24.8. The number of nitrogens with zero attached hydrogens (tertiary/aromatic N) is 5. The third-order valence-corrected chi connectivity index (χ3v) is 3.20. The Morgan fingerprint density at radius 1 is 1.44 bits per heavy atom. The second kappa shape index (κ2) is 7.20. The van der Waals surface area contributed by atoms with Crippen LogP contribution < -0.4 is 10.1 Å². The van der Waals surface area contributed by atoms with E-state index in [1.807, 2.05) is 0 Å². The van der Waals surface area contributed by atoms with Gasteiger partial charge in [-0.25, -0.2) is 14.5 Å². The molecule has 0 spiro atoms. The summed E-state index contributed by atoms with van der Waals surface area (Å²) in [6, 6.07) is 5.00. The highest BCUT2D eigenvalue weighted by Gasteiger charge is 2.15. The monoisotopic (exact) mass is 344 g/mol. The molecule has 3 aromatic rings. The van der Waals surface area contributed by atoms with Crippen LogP contribution in [0.4, 0.5) is 5.95 Å². The molecule has 1 atom stereocenters. The Kier molecular flexibility index (Phi) is 4.82. The van der Waals surface area contributed by atoms with Crippen LogP contribution in [0, 0.1) is 6.92 Å². The molecule has 10 heteroatoms. The van der Waals surface area contributed by atoms with Gasteiger partial charge in [0.15, 0.2) is 11.3 Å². The van der Waals surface area contributed by atoms with Gasteiger partial charge >= 0.3 is 0 Å². The molecule has 3 N–H and O–H groups in total. The van der Waals surface area contributed by atoms with Crippen molar-refractivity contribution < 1.29 is 19.7 Å². The molecule has 0 aliphatic rings. The number of amides is 1. The quantitative estimate of drug-likeness (QED) is 0.560. The van der Waals surface area contributed by atoms with Gasteiger partial charge in [-0.05, 0) is 19.1 Å². The number of aliphatic hydroxyl groups is 2. The Bertz CT molecular complexity index is 897. The fourth-order valence-electron chi connectivity index (χ4n) is 2.05. The van der Waals surface area contributed by atoms with E-state index in [9.17, 15) is 9.90 Å². The SMILES string of the molecule is Cc1cc(OCC(O)CO)nc(NC(=O)c2cnc3cccnn23)n1. The Balaban J connectivity index is 1.78. The summed E-state index contributed by atoms with van der Waals surface area (Å²) in [4.78, 5) is 24.7. The lowest BCUT2D eigenvalue weighted by Crippen LogP contribution is -2.22. The van der Waals surface area contributed by atoms with Crippen LogP contribution in [-0.4, -0.2) is 60.0 Å². The normalized spacial score (nSPS) is 12.1. The van der Waals surface area contributed by atoms with Crippen molar-refractivity contribution in [3.8, 4) is 5.88 Å². The number of aliphatic hydroxyl groups excluding tert-OH is 2. The molecule has 1 amide bonds. The minimum atomic E-state index is -1.02. The van der Waals surface area contributed by atoms with Crippen LogP contribution in [0.1, 0.15) is 16.2 Å². The first-order chi connectivity index (χ1) is 12.1. The average molecular weight is 344 g/mol. The highest BCUT2D eigenvalue weighted by Crippen LogP contribution is 2.13. The first kappa shape index (κ1) is 16.7. The van der Waals surface area contributed by atoms with E-state index in [1.165, 1.54) is 10.7 Å². The van der Waals surface area contributed by atoms with Crippen molar-refractivity contribution in [2.75, 3.05) is 18.5 Å². The van der Waals surface area contributed by atoms with Crippen molar-refractivity contribution in [2.45, 2.75) is 13.0 Å². The van der Waals surface area contributed by atoms with Gasteiger partial charge in [0.05, 0.1) is 12.8 Å². The van der Waals surface area contributed by atoms with Crippen LogP contribution in [0.15, 0.2) is 30.6 Å². The summed E-state index contributed by atoms with van der Waals surface area (Å²) in [5.74, 6) is -0.255. The summed E-state index contributed by atoms with van der Waals surface area (Å²) in [5.41, 5.74) is 1.34. The predicted octanol–water partition coefficient (Wildman–Crippen LogP) is -0.188. The fourth-order valence-corrected chi connectivity index (χ4v) is 2.05. The van der Waals surface area contributed by atoms with Crippen molar-refractivity contribution in [1.29, 1.82) is 0 Å². The maximum Gasteiger partial charge on any atom is 0.278 e. The van der Waals surface area contributed by atoms with Crippen molar-refractivity contribution in [2.24, 2.45) is 0 Å². The molecule has 3 aromatic heterocycles. The van der Waals surface area contributed by atoms with Gasteiger partial charge in [0.25, 0.3) is 5.91 Å². The van der Waals surface area contributed by atoms with Crippen LogP contribution in [0.3, 0.4) is 0 Å². The van der Waals surface area contributed by atoms with E-state index < -0.39 is 18.6 Å². The number of aromatic nitrogens is 5. The molecular formula is C15H16N6O4. The maximum absolute atomic E-state index is 12.4. The van der Waals surface area contributed by atoms with Gasteiger partial charge in [-0.3, -0.25) is 10.1 Å². The molecule has 1 unspecified atom stereocenters. The summed E-state index contributed by atoms with van der Waals surface area (Å²) in [7, 11) is 0. The predicted molar refractivity (Wildman–Crippen MR) is 86.3 cm³/mol. The molecule has 0 saturated heterocycles. The Labute approximate surface area is 142 Å². The van der Waals surface area contributed by atoms with Crippen molar-refractivity contribution in [3.05, 3.63) is 42.0 Å². The first-order valence-electron chi connectivity index (χ1n) is 7.44. The summed E-state index contributed by atoms with van der Waals surface area (Å²) >= 11 is 0. The smallest absolute Gasteiger partial charge is 0.278 e. The summed E-state index contributed by atoms with van der Waals surface area (Å²) in [6.45, 7) is 1.16. The number of hydrogen-bond donors (Lipinski definition) is 3. The lowest BCUT2D eigenvalue weighted by Gasteiger charge is -2.11. The number of rotatable bonds is 6. The van der Waals surface area contributed by atoms with Gasteiger partial charge in [-0.15, -0.1) is 0 Å². The number of hydrogen-bond acceptors (Lipinski definition) is 8. The Morgan fingerprint density at radius 3 is 3.08 bits per heavy atom. The van der Waals surface area contributed by atoms with Gasteiger partial charge in [0.2, 0.25) is 11.8 Å². The number of nitrogens with one attached hydrogen (secondary N) is 1. The third-order valence-electron chi connectivity index (χ3n) is 3.20. The van der Waals surface area contributed by atoms with Gasteiger partial charge in [0, 0.05) is 18.0 Å². The molecule has 10 nitrogen and oxygen atoms in total. The Morgan fingerprint density at radius 2 is 2.28 bits per heavy atom. The zero-order valence-electron chi connectivity index (χ0n) is 13.3. The lowest BCUT2D eigenvalue weighted by molar-refractivity contribution is 0.0521. The number of fused-ring (bicyclic) bond motifs is 1. The zero-order chi connectivity index (χ0) is 17.8. The van der Waals surface area contributed by atoms with Crippen LogP contribution in [0.2, 0.25) is 0 Å². The van der Waals surface area contributed by atoms with Gasteiger partial charge < -0.3 is 14.9 Å². The number of carbonyl (C=O) groups is 1. The average Bonchev–Trinajstić information content (AvgIpc) is 3.03. The van der Waals surface area contributed by atoms with Gasteiger partial charge in [-0.2, -0.15) is 10.1 Å². The molecule has 130 valence electrons. The topological polar surface area (TPSA) is 135 Å². The second-order valence-corrected chi connectivity index (χ2v) is 5.21. The van der Waals surface area contributed by atoms with Crippen LogP contribution in [-0.2, 0) is 0 Å². The highest BCUT2D eigenvalue weighted by atomic mass is 16.5. The van der Waals surface area contributed by atoms with Crippen LogP contribution >= 0.6 is 0 Å². The van der Waals surface area contributed by atoms with E-state index >= 15 is 0 Å². The number of imidazole rings is 1. The minimum Gasteiger partial charge on any atom is -0.475 e. The number of aryl methyl sites for hydroxylation is 1. The van der Waals surface area contributed by atoms with E-state index in [-0.39, 0.29) is 24.1 Å². The van der Waals surface area contributed by atoms with Gasteiger partial charge in [-0.1, -0.05) is 0 Å². The zero-order valence-corrected chi connectivity index (χ0v) is 13.3. The standard InChI is InChI=1S/C15H16N6O4/c1-9-5-13(25-8-10(23)7-22)19-15(18-9)20-14(24)11-6-16-12-3-2-4-17-21(11)12/h2-6,10,22-23H,7-8H2,1H3,(H,18,19,20,24). The van der Waals surface area contributed by atoms with Crippen molar-refractivity contribution >= 4 is 17.5 Å². The van der Waals surface area contributed by atoms with Crippen LogP contribution in [0.25, 0.3) is 5.65 Å². The van der Waals surface area contributed by atoms with E-state index in [1.54, 1.807) is 31.3 Å². The lowest BCUT2D eigenvalue weighted by atomic mass is 10.4. The molecule has 0 aromatic carbocycles. The number of ether oxygens (including phenoxy) is 1. The molecule has 0 fully saturated rings. The minimum absolute atomic E-state index is 0.0457. The third kappa shape index (κ3) is 3.87. The van der Waals surface area contributed by atoms with E-state index in [2.05, 4.69) is 25.4 Å². The van der Waals surface area contributed by atoms with Crippen LogP contribution in [0.5, 0.6) is 5.88 Å². The molecule has 0 aliphatic carbocycles. The van der Waals surface area contributed by atoms with E-state index in [0.29, 0.717) is 11.3 Å². The Hall–Kier alpha value is -3.11. The molecule has 3 rings (SSSR count). The number of carbonyl (C=O) groups excluding carboxylic acids is 1. The van der Waals surface area contributed by atoms with Gasteiger partial charge in [0.1, 0.15) is 12.7 Å². The first-order valence-corrected chi connectivity index (χ1v) is 7.44.